The Bertz CT molecular complexity index is 726. The summed E-state index contributed by atoms with van der Waals surface area (Å²) in [5.41, 5.74) is 2.51. The van der Waals surface area contributed by atoms with Gasteiger partial charge in [0.25, 0.3) is 0 Å². The maximum absolute atomic E-state index is 13.9. The van der Waals surface area contributed by atoms with Gasteiger partial charge < -0.3 is 4.74 Å². The van der Waals surface area contributed by atoms with Crippen molar-refractivity contribution in [1.82, 2.24) is 9.97 Å². The standard InChI is InChI=1S/C23H31FN2O/c1-3-4-5-6-17-7-9-18(10-8-17)22-13-14-25-23(26-22)19-11-12-21(24)20(15-19)16-27-2/h11-15,17-18H,3-10,16H2,1-2H3. The number of hydrogen-bond acceptors (Lipinski definition) is 3. The van der Waals surface area contributed by atoms with Crippen LogP contribution >= 0.6 is 0 Å². The van der Waals surface area contributed by atoms with Crippen LogP contribution in [0.15, 0.2) is 30.5 Å². The zero-order valence-electron chi connectivity index (χ0n) is 16.6. The smallest absolute Gasteiger partial charge is 0.159 e. The van der Waals surface area contributed by atoms with E-state index in [-0.39, 0.29) is 12.4 Å². The van der Waals surface area contributed by atoms with Gasteiger partial charge in [-0.3, -0.25) is 0 Å². The Kier molecular flexibility index (Phi) is 7.33. The van der Waals surface area contributed by atoms with Gasteiger partial charge in [0.1, 0.15) is 5.82 Å². The number of rotatable bonds is 8. The Hall–Kier alpha value is -1.81. The first-order valence-electron chi connectivity index (χ1n) is 10.3. The number of halogens is 1. The zero-order valence-corrected chi connectivity index (χ0v) is 16.6. The highest BCUT2D eigenvalue weighted by molar-refractivity contribution is 5.56. The highest BCUT2D eigenvalue weighted by Gasteiger charge is 2.23. The van der Waals surface area contributed by atoms with E-state index in [2.05, 4.69) is 11.9 Å². The van der Waals surface area contributed by atoms with Crippen molar-refractivity contribution in [3.8, 4) is 11.4 Å². The lowest BCUT2D eigenvalue weighted by molar-refractivity contribution is 0.181. The first kappa shape index (κ1) is 19.9. The molecule has 0 radical (unpaired) electrons. The van der Waals surface area contributed by atoms with E-state index in [0.29, 0.717) is 17.3 Å². The van der Waals surface area contributed by atoms with Crippen LogP contribution in [0.2, 0.25) is 0 Å². The number of hydrogen-bond donors (Lipinski definition) is 0. The largest absolute Gasteiger partial charge is 0.380 e. The van der Waals surface area contributed by atoms with Crippen molar-refractivity contribution < 1.29 is 9.13 Å². The Labute approximate surface area is 162 Å². The lowest BCUT2D eigenvalue weighted by Gasteiger charge is -2.28. The second-order valence-corrected chi connectivity index (χ2v) is 7.76. The minimum atomic E-state index is -0.252. The van der Waals surface area contributed by atoms with Crippen LogP contribution in [0.4, 0.5) is 4.39 Å². The maximum Gasteiger partial charge on any atom is 0.159 e. The van der Waals surface area contributed by atoms with E-state index in [9.17, 15) is 4.39 Å². The average molecular weight is 371 g/mol. The van der Waals surface area contributed by atoms with Crippen LogP contribution in [0, 0.1) is 11.7 Å². The summed E-state index contributed by atoms with van der Waals surface area (Å²) < 4.78 is 19.0. The number of ether oxygens (including phenoxy) is 1. The van der Waals surface area contributed by atoms with Crippen molar-refractivity contribution in [1.29, 1.82) is 0 Å². The zero-order chi connectivity index (χ0) is 19.1. The summed E-state index contributed by atoms with van der Waals surface area (Å²) in [4.78, 5) is 9.25. The molecule has 0 atom stereocenters. The van der Waals surface area contributed by atoms with E-state index in [1.165, 1.54) is 57.4 Å². The summed E-state index contributed by atoms with van der Waals surface area (Å²) in [5, 5.41) is 0. The number of aromatic nitrogens is 2. The molecule has 1 aromatic heterocycles. The quantitative estimate of drug-likeness (QED) is 0.513. The van der Waals surface area contributed by atoms with Crippen LogP contribution in [0.1, 0.15) is 75.5 Å². The van der Waals surface area contributed by atoms with Crippen molar-refractivity contribution in [2.24, 2.45) is 5.92 Å². The van der Waals surface area contributed by atoms with Crippen LogP contribution < -0.4 is 0 Å². The average Bonchev–Trinajstić information content (AvgIpc) is 2.71. The van der Waals surface area contributed by atoms with Crippen molar-refractivity contribution in [3.05, 3.63) is 47.5 Å². The van der Waals surface area contributed by atoms with Crippen LogP contribution in [0.25, 0.3) is 11.4 Å². The summed E-state index contributed by atoms with van der Waals surface area (Å²) in [6.07, 6.45) is 12.3. The molecular formula is C23H31FN2O. The molecule has 1 aliphatic rings. The lowest BCUT2D eigenvalue weighted by Crippen LogP contribution is -2.14. The molecule has 2 aromatic rings. The van der Waals surface area contributed by atoms with Crippen molar-refractivity contribution >= 4 is 0 Å². The molecular weight excluding hydrogens is 339 g/mol. The number of unbranched alkanes of at least 4 members (excludes halogenated alkanes) is 2. The third-order valence-corrected chi connectivity index (χ3v) is 5.76. The number of benzene rings is 1. The summed E-state index contributed by atoms with van der Waals surface area (Å²) in [5.74, 6) is 1.84. The fourth-order valence-electron chi connectivity index (χ4n) is 4.15. The molecule has 1 aromatic carbocycles. The van der Waals surface area contributed by atoms with Gasteiger partial charge in [-0.15, -0.1) is 0 Å². The Morgan fingerprint density at radius 3 is 2.67 bits per heavy atom. The van der Waals surface area contributed by atoms with Gasteiger partial charge in [-0.25, -0.2) is 14.4 Å². The Balaban J connectivity index is 1.67. The molecule has 1 heterocycles. The highest BCUT2D eigenvalue weighted by Crippen LogP contribution is 2.37. The normalized spacial score (nSPS) is 20.0. The van der Waals surface area contributed by atoms with Gasteiger partial charge in [0.05, 0.1) is 6.61 Å². The van der Waals surface area contributed by atoms with E-state index in [4.69, 9.17) is 9.72 Å². The predicted octanol–water partition coefficient (Wildman–Crippen LogP) is 6.28. The molecule has 0 bridgehead atoms. The van der Waals surface area contributed by atoms with Crippen LogP contribution in [0.5, 0.6) is 0 Å². The third kappa shape index (κ3) is 5.35. The van der Waals surface area contributed by atoms with Gasteiger partial charge >= 0.3 is 0 Å². The summed E-state index contributed by atoms with van der Waals surface area (Å²) in [6, 6.07) is 7.06. The Morgan fingerprint density at radius 1 is 1.11 bits per heavy atom. The number of nitrogens with zero attached hydrogens (tertiary/aromatic N) is 2. The van der Waals surface area contributed by atoms with Gasteiger partial charge in [-0.05, 0) is 55.9 Å². The van der Waals surface area contributed by atoms with E-state index >= 15 is 0 Å². The SMILES string of the molecule is CCCCCC1CCC(c2ccnc(-c3ccc(F)c(COC)c3)n2)CC1. The first-order valence-corrected chi connectivity index (χ1v) is 10.3. The molecule has 4 heteroatoms. The topological polar surface area (TPSA) is 35.0 Å². The van der Waals surface area contributed by atoms with E-state index in [1.807, 2.05) is 12.3 Å². The molecule has 0 N–H and O–H groups in total. The van der Waals surface area contributed by atoms with E-state index in [1.54, 1.807) is 19.2 Å². The summed E-state index contributed by atoms with van der Waals surface area (Å²) >= 11 is 0. The van der Waals surface area contributed by atoms with Gasteiger partial charge in [0.15, 0.2) is 5.82 Å². The molecule has 146 valence electrons. The Morgan fingerprint density at radius 2 is 1.93 bits per heavy atom. The van der Waals surface area contributed by atoms with Crippen molar-refractivity contribution in [2.75, 3.05) is 7.11 Å². The van der Waals surface area contributed by atoms with Gasteiger partial charge in [0.2, 0.25) is 0 Å². The van der Waals surface area contributed by atoms with E-state index in [0.717, 1.165) is 17.2 Å². The highest BCUT2D eigenvalue weighted by atomic mass is 19.1. The third-order valence-electron chi connectivity index (χ3n) is 5.76. The molecule has 1 saturated carbocycles. The molecule has 1 fully saturated rings. The maximum atomic E-state index is 13.9. The molecule has 0 unspecified atom stereocenters. The molecule has 0 spiro atoms. The second kappa shape index (κ2) is 9.93. The van der Waals surface area contributed by atoms with Gasteiger partial charge in [-0.1, -0.05) is 32.6 Å². The minimum Gasteiger partial charge on any atom is -0.380 e. The predicted molar refractivity (Wildman–Crippen MR) is 107 cm³/mol. The van der Waals surface area contributed by atoms with Crippen LogP contribution in [0.3, 0.4) is 0 Å². The van der Waals surface area contributed by atoms with Crippen LogP contribution in [-0.4, -0.2) is 17.1 Å². The molecule has 0 amide bonds. The molecule has 0 saturated heterocycles. The van der Waals surface area contributed by atoms with Gasteiger partial charge in [-0.2, -0.15) is 0 Å². The second-order valence-electron chi connectivity index (χ2n) is 7.76. The molecule has 27 heavy (non-hydrogen) atoms. The first-order chi connectivity index (χ1) is 13.2. The fraction of sp³-hybridized carbons (Fsp3) is 0.565. The van der Waals surface area contributed by atoms with Gasteiger partial charge in [0, 0.05) is 36.0 Å². The number of methoxy groups -OCH3 is 1. The summed E-state index contributed by atoms with van der Waals surface area (Å²) in [7, 11) is 1.57. The molecule has 3 rings (SSSR count). The lowest BCUT2D eigenvalue weighted by atomic mass is 9.78. The molecule has 3 nitrogen and oxygen atoms in total. The van der Waals surface area contributed by atoms with Crippen molar-refractivity contribution in [2.45, 2.75) is 70.8 Å². The summed E-state index contributed by atoms with van der Waals surface area (Å²) in [6.45, 7) is 2.52. The van der Waals surface area contributed by atoms with Crippen molar-refractivity contribution in [3.63, 3.8) is 0 Å². The monoisotopic (exact) mass is 370 g/mol. The fourth-order valence-corrected chi connectivity index (χ4v) is 4.15. The van der Waals surface area contributed by atoms with E-state index < -0.39 is 0 Å². The molecule has 0 aliphatic heterocycles. The minimum absolute atomic E-state index is 0.251. The molecule has 1 aliphatic carbocycles. The van der Waals surface area contributed by atoms with Crippen LogP contribution in [-0.2, 0) is 11.3 Å².